The summed E-state index contributed by atoms with van der Waals surface area (Å²) in [5.74, 6) is 0.896. The monoisotopic (exact) mass is 517 g/mol. The van der Waals surface area contributed by atoms with Gasteiger partial charge in [0, 0.05) is 24.7 Å². The van der Waals surface area contributed by atoms with Gasteiger partial charge in [-0.05, 0) is 44.4 Å². The van der Waals surface area contributed by atoms with E-state index in [0.29, 0.717) is 36.4 Å². The minimum absolute atomic E-state index is 0.0903. The Kier molecular flexibility index (Phi) is 6.82. The summed E-state index contributed by atoms with van der Waals surface area (Å²) in [5.41, 5.74) is 7.94. The number of carbonyl (C=O) groups excluding carboxylic acids is 2. The number of pyridine rings is 1. The number of aromatic nitrogens is 3. The molecule has 12 nitrogen and oxygen atoms in total. The molecule has 1 aliphatic carbocycles. The van der Waals surface area contributed by atoms with Gasteiger partial charge in [0.15, 0.2) is 18.2 Å². The molecule has 1 fully saturated rings. The molecule has 2 aromatic heterocycles. The first-order valence-electron chi connectivity index (χ1n) is 11.8. The molecule has 36 heavy (non-hydrogen) atoms. The van der Waals surface area contributed by atoms with E-state index in [1.54, 1.807) is 0 Å². The van der Waals surface area contributed by atoms with E-state index in [4.69, 9.17) is 31.5 Å². The van der Waals surface area contributed by atoms with E-state index in [0.717, 1.165) is 30.5 Å². The van der Waals surface area contributed by atoms with Crippen molar-refractivity contribution >= 4 is 35.2 Å². The van der Waals surface area contributed by atoms with Gasteiger partial charge in [0.25, 0.3) is 11.8 Å². The van der Waals surface area contributed by atoms with Crippen LogP contribution in [0.15, 0.2) is 12.3 Å². The average Bonchev–Trinajstić information content (AvgIpc) is 3.44. The molecule has 2 aromatic rings. The van der Waals surface area contributed by atoms with Gasteiger partial charge in [-0.25, -0.2) is 19.7 Å². The van der Waals surface area contributed by atoms with Gasteiger partial charge in [-0.2, -0.15) is 0 Å². The van der Waals surface area contributed by atoms with Crippen LogP contribution in [0, 0.1) is 0 Å². The molecule has 0 saturated carbocycles. The number of hydrogen-bond acceptors (Lipinski definition) is 10. The first-order valence-corrected chi connectivity index (χ1v) is 12.2. The Hall–Kier alpha value is -3.22. The van der Waals surface area contributed by atoms with Crippen LogP contribution in [0.4, 0.5) is 16.4 Å². The SMILES string of the molecule is CC(N)COc1cc2c(c(Cl)n1)CC(N(C)CCC1CN(c3cnc4c(n3)NC(=O)CO4)C(=O)O1)C2. The van der Waals surface area contributed by atoms with Crippen molar-refractivity contribution < 1.29 is 23.8 Å². The minimum Gasteiger partial charge on any atom is -0.476 e. The van der Waals surface area contributed by atoms with Crippen molar-refractivity contribution in [3.8, 4) is 11.8 Å². The first kappa shape index (κ1) is 24.5. The third-order valence-electron chi connectivity index (χ3n) is 6.43. The lowest BCUT2D eigenvalue weighted by Crippen LogP contribution is -2.35. The van der Waals surface area contributed by atoms with Crippen molar-refractivity contribution in [1.29, 1.82) is 0 Å². The van der Waals surface area contributed by atoms with Crippen LogP contribution in [-0.2, 0) is 22.4 Å². The summed E-state index contributed by atoms with van der Waals surface area (Å²) >= 11 is 6.44. The normalized spacial score (nSPS) is 21.5. The van der Waals surface area contributed by atoms with E-state index in [1.165, 1.54) is 11.1 Å². The molecule has 0 spiro atoms. The molecule has 4 heterocycles. The molecule has 13 heteroatoms. The summed E-state index contributed by atoms with van der Waals surface area (Å²) in [4.78, 5) is 40.5. The third kappa shape index (κ3) is 5.15. The van der Waals surface area contributed by atoms with Crippen LogP contribution in [0.2, 0.25) is 5.15 Å². The predicted molar refractivity (Wildman–Crippen MR) is 131 cm³/mol. The number of nitrogens with zero attached hydrogens (tertiary/aromatic N) is 5. The summed E-state index contributed by atoms with van der Waals surface area (Å²) < 4.78 is 16.4. The van der Waals surface area contributed by atoms with Gasteiger partial charge in [0.2, 0.25) is 5.88 Å². The van der Waals surface area contributed by atoms with Crippen molar-refractivity contribution in [3.63, 3.8) is 0 Å². The van der Waals surface area contributed by atoms with E-state index in [2.05, 4.69) is 32.2 Å². The van der Waals surface area contributed by atoms with E-state index in [-0.39, 0.29) is 42.4 Å². The second kappa shape index (κ2) is 10.0. The molecule has 2 amide bonds. The van der Waals surface area contributed by atoms with E-state index in [9.17, 15) is 9.59 Å². The third-order valence-corrected chi connectivity index (χ3v) is 6.75. The summed E-state index contributed by atoms with van der Waals surface area (Å²) in [6.07, 6.45) is 2.92. The molecule has 1 saturated heterocycles. The maximum Gasteiger partial charge on any atom is 0.415 e. The van der Waals surface area contributed by atoms with Crippen molar-refractivity contribution in [3.05, 3.63) is 28.5 Å². The maximum absolute atomic E-state index is 12.5. The summed E-state index contributed by atoms with van der Waals surface area (Å²) in [6, 6.07) is 2.11. The molecular weight excluding hydrogens is 490 g/mol. The van der Waals surface area contributed by atoms with Gasteiger partial charge in [-0.1, -0.05) is 11.6 Å². The number of ether oxygens (including phenoxy) is 3. The van der Waals surface area contributed by atoms with Crippen LogP contribution in [0.25, 0.3) is 0 Å². The second-order valence-electron chi connectivity index (χ2n) is 9.34. The Balaban J connectivity index is 1.16. The van der Waals surface area contributed by atoms with Gasteiger partial charge >= 0.3 is 6.09 Å². The number of carbonyl (C=O) groups is 2. The van der Waals surface area contributed by atoms with Gasteiger partial charge in [-0.15, -0.1) is 0 Å². The zero-order valence-electron chi connectivity index (χ0n) is 20.1. The Morgan fingerprint density at radius 3 is 3.00 bits per heavy atom. The number of anilines is 2. The fourth-order valence-corrected chi connectivity index (χ4v) is 4.79. The van der Waals surface area contributed by atoms with Crippen molar-refractivity contribution in [2.45, 2.75) is 44.4 Å². The zero-order chi connectivity index (χ0) is 25.4. The molecule has 0 aromatic carbocycles. The highest BCUT2D eigenvalue weighted by Gasteiger charge is 2.35. The number of likely N-dealkylation sites (N-methyl/N-ethyl adjacent to an activating group) is 1. The van der Waals surface area contributed by atoms with Gasteiger partial charge in [0.05, 0.1) is 12.7 Å². The summed E-state index contributed by atoms with van der Waals surface area (Å²) in [7, 11) is 2.05. The molecule has 3 N–H and O–H groups in total. The number of amides is 2. The number of cyclic esters (lactones) is 1. The van der Waals surface area contributed by atoms with Crippen LogP contribution in [0.5, 0.6) is 11.8 Å². The van der Waals surface area contributed by atoms with Crippen molar-refractivity contribution in [1.82, 2.24) is 19.9 Å². The highest BCUT2D eigenvalue weighted by atomic mass is 35.5. The van der Waals surface area contributed by atoms with E-state index < -0.39 is 6.09 Å². The van der Waals surface area contributed by atoms with E-state index in [1.807, 2.05) is 13.0 Å². The van der Waals surface area contributed by atoms with Crippen LogP contribution in [0.1, 0.15) is 24.5 Å². The van der Waals surface area contributed by atoms with Crippen molar-refractivity contribution in [2.75, 3.05) is 43.6 Å². The topological polar surface area (TPSA) is 145 Å². The average molecular weight is 518 g/mol. The fraction of sp³-hybridized carbons (Fsp3) is 0.522. The van der Waals surface area contributed by atoms with Crippen LogP contribution < -0.4 is 25.4 Å². The molecule has 0 bridgehead atoms. The molecule has 2 aliphatic heterocycles. The molecule has 192 valence electrons. The number of hydrogen-bond donors (Lipinski definition) is 2. The number of nitrogens with two attached hydrogens (primary N) is 1. The summed E-state index contributed by atoms with van der Waals surface area (Å²) in [6.45, 7) is 3.20. The van der Waals surface area contributed by atoms with Gasteiger partial charge in [0.1, 0.15) is 17.9 Å². The van der Waals surface area contributed by atoms with Crippen molar-refractivity contribution in [2.24, 2.45) is 5.73 Å². The Bertz CT molecular complexity index is 1180. The highest BCUT2D eigenvalue weighted by molar-refractivity contribution is 6.30. The van der Waals surface area contributed by atoms with Crippen LogP contribution >= 0.6 is 11.6 Å². The Labute approximate surface area is 213 Å². The molecule has 5 rings (SSSR count). The smallest absolute Gasteiger partial charge is 0.415 e. The molecule has 0 radical (unpaired) electrons. The highest BCUT2D eigenvalue weighted by Crippen LogP contribution is 2.33. The Morgan fingerprint density at radius 2 is 2.19 bits per heavy atom. The predicted octanol–water partition coefficient (Wildman–Crippen LogP) is 1.40. The lowest BCUT2D eigenvalue weighted by Gasteiger charge is -2.24. The number of fused-ring (bicyclic) bond motifs is 2. The molecule has 3 aliphatic rings. The van der Waals surface area contributed by atoms with Gasteiger partial charge < -0.3 is 30.2 Å². The van der Waals surface area contributed by atoms with Crippen LogP contribution in [-0.4, -0.2) is 83.4 Å². The number of rotatable bonds is 8. The molecule has 3 unspecified atom stereocenters. The summed E-state index contributed by atoms with van der Waals surface area (Å²) in [5, 5.41) is 3.07. The largest absolute Gasteiger partial charge is 0.476 e. The first-order chi connectivity index (χ1) is 17.3. The molecular formula is C23H28ClN7O5. The number of nitrogens with one attached hydrogen (secondary N) is 1. The maximum atomic E-state index is 12.5. The quantitative estimate of drug-likeness (QED) is 0.492. The molecule has 3 atom stereocenters. The lowest BCUT2D eigenvalue weighted by atomic mass is 10.1. The van der Waals surface area contributed by atoms with Crippen LogP contribution in [0.3, 0.4) is 0 Å². The lowest BCUT2D eigenvalue weighted by molar-refractivity contribution is -0.118. The fourth-order valence-electron chi connectivity index (χ4n) is 4.50. The van der Waals surface area contributed by atoms with Gasteiger partial charge in [-0.3, -0.25) is 9.69 Å². The minimum atomic E-state index is -0.495. The second-order valence-corrected chi connectivity index (χ2v) is 9.70. The number of halogens is 1. The van der Waals surface area contributed by atoms with E-state index >= 15 is 0 Å². The Morgan fingerprint density at radius 1 is 1.36 bits per heavy atom. The standard InChI is InChI=1S/C23H28ClN7O5/c1-12(25)10-34-19-6-13-5-14(7-16(13)20(24)29-19)30(2)4-3-15-9-31(23(33)36-15)17-8-26-22-21(27-17)28-18(32)11-35-22/h6,8,12,14-15H,3-5,7,9-11,25H2,1-2H3,(H,27,28,32). The zero-order valence-corrected chi connectivity index (χ0v) is 20.8.